The molecule has 13 heteroatoms. The third-order valence-corrected chi connectivity index (χ3v) is 13.1. The number of amides is 4. The second-order valence-electron chi connectivity index (χ2n) is 16.9. The smallest absolute Gasteiger partial charge is 0.329 e. The second kappa shape index (κ2) is 17.6. The van der Waals surface area contributed by atoms with Gasteiger partial charge >= 0.3 is 12.0 Å². The molecule has 1 spiro atoms. The lowest BCUT2D eigenvalue weighted by atomic mass is 9.65. The Labute approximate surface area is 386 Å². The van der Waals surface area contributed by atoms with Crippen molar-refractivity contribution in [1.29, 1.82) is 0 Å². The summed E-state index contributed by atoms with van der Waals surface area (Å²) in [4.78, 5) is 65.0. The van der Waals surface area contributed by atoms with E-state index in [0.717, 1.165) is 27.1 Å². The van der Waals surface area contributed by atoms with Crippen molar-refractivity contribution in [2.75, 3.05) is 11.4 Å². The van der Waals surface area contributed by atoms with E-state index in [4.69, 9.17) is 4.74 Å². The Bertz CT molecular complexity index is 3100. The van der Waals surface area contributed by atoms with Crippen LogP contribution in [0.15, 0.2) is 170 Å². The van der Waals surface area contributed by atoms with E-state index in [9.17, 15) is 9.90 Å². The molecule has 7 unspecified atom stereocenters. The van der Waals surface area contributed by atoms with Gasteiger partial charge in [0.05, 0.1) is 35.2 Å². The molecule has 7 atom stereocenters. The summed E-state index contributed by atoms with van der Waals surface area (Å²) in [5.74, 6) is 2.89. The van der Waals surface area contributed by atoms with Gasteiger partial charge in [-0.15, -0.1) is 11.7 Å². The minimum atomic E-state index is -1.99. The topological polar surface area (TPSA) is 159 Å². The number of carbonyl (C=O) groups is 4. The molecule has 332 valence electrons. The molecule has 3 aliphatic rings. The van der Waals surface area contributed by atoms with Crippen molar-refractivity contribution >= 4 is 40.5 Å². The van der Waals surface area contributed by atoms with Crippen LogP contribution in [-0.4, -0.2) is 61.4 Å². The number of urea groups is 1. The summed E-state index contributed by atoms with van der Waals surface area (Å²) in [5.41, 5.74) is 3.36. The first kappa shape index (κ1) is 42.6. The van der Waals surface area contributed by atoms with Crippen LogP contribution in [0.4, 0.5) is 10.5 Å². The minimum Gasteiger partial charge on any atom is -0.508 e. The van der Waals surface area contributed by atoms with Gasteiger partial charge in [-0.1, -0.05) is 138 Å². The Hall–Kier alpha value is -8.34. The largest absolute Gasteiger partial charge is 0.508 e. The van der Waals surface area contributed by atoms with E-state index in [1.165, 1.54) is 18.2 Å². The van der Waals surface area contributed by atoms with E-state index in [-0.39, 0.29) is 24.5 Å². The normalized spacial score (nSPS) is 22.3. The van der Waals surface area contributed by atoms with Gasteiger partial charge < -0.3 is 20.5 Å². The molecule has 4 amide bonds. The van der Waals surface area contributed by atoms with Crippen LogP contribution in [-0.2, 0) is 31.1 Å². The number of carbonyl (C=O) groups excluding carboxylic acids is 4. The molecule has 2 fully saturated rings. The number of benzene rings is 6. The molecule has 7 aromatic rings. The number of esters is 1. The van der Waals surface area contributed by atoms with Gasteiger partial charge in [0.15, 0.2) is 0 Å². The van der Waals surface area contributed by atoms with E-state index >= 15 is 14.4 Å². The number of phenols is 1. The monoisotopic (exact) mass is 887 g/mol. The van der Waals surface area contributed by atoms with Gasteiger partial charge in [0.2, 0.25) is 11.8 Å². The summed E-state index contributed by atoms with van der Waals surface area (Å²) in [6.45, 7) is 5.87. The number of morpholine rings is 1. The number of hydrogen-bond acceptors (Lipinski definition) is 9. The number of aromatic hydroxyl groups is 1. The van der Waals surface area contributed by atoms with E-state index in [2.05, 4.69) is 39.4 Å². The molecule has 10 rings (SSSR count). The molecule has 1 aromatic heterocycles. The molecule has 13 nitrogen and oxygen atoms in total. The zero-order chi connectivity index (χ0) is 46.2. The lowest BCUT2D eigenvalue weighted by Gasteiger charge is -2.46. The molecule has 3 N–H and O–H groups in total. The Morgan fingerprint density at radius 3 is 2.22 bits per heavy atom. The maximum atomic E-state index is 16.4. The highest BCUT2D eigenvalue weighted by molar-refractivity contribution is 6.24. The maximum absolute atomic E-state index is 16.4. The van der Waals surface area contributed by atoms with Crippen molar-refractivity contribution in [2.45, 2.75) is 49.2 Å². The van der Waals surface area contributed by atoms with Crippen LogP contribution in [0.3, 0.4) is 0 Å². The molecule has 2 saturated heterocycles. The van der Waals surface area contributed by atoms with Gasteiger partial charge in [-0.25, -0.2) is 14.4 Å². The Balaban J connectivity index is 1.22. The molecule has 0 aliphatic carbocycles. The van der Waals surface area contributed by atoms with Crippen LogP contribution in [0.5, 0.6) is 5.75 Å². The number of nitrogens with one attached hydrogen (secondary N) is 2. The third kappa shape index (κ3) is 7.28. The van der Waals surface area contributed by atoms with E-state index in [1.807, 2.05) is 127 Å². The van der Waals surface area contributed by atoms with Crippen LogP contribution in [0.25, 0.3) is 11.0 Å². The fourth-order valence-corrected chi connectivity index (χ4v) is 10.3. The van der Waals surface area contributed by atoms with E-state index in [1.54, 1.807) is 35.0 Å². The molecule has 0 bridgehead atoms. The molecular weight excluding hydrogens is 843 g/mol. The van der Waals surface area contributed by atoms with Crippen LogP contribution >= 0.6 is 0 Å². The third-order valence-electron chi connectivity index (χ3n) is 13.1. The molecule has 4 heterocycles. The zero-order valence-corrected chi connectivity index (χ0v) is 36.4. The standard InChI is InChI=1S/C54H45N7O6/c1-3-31-55-50(63)45-47-51(64)67-48(38-21-11-6-12-22-38)46(37-19-9-5-10-20-37)61(47)49(39-26-28-40(62)29-27-39)54(45)41-33-35(16-15-32-59-44-24-14-13-23-42(44)57-58-59)25-30-43(41)60(52(54)65)53(66)56-34(2)36-17-7-4-8-18-36/h3-14,17-30,33-34,45-49,62H,1,31-32H2,2H3,(H,55,63)(H,56,66). The quantitative estimate of drug-likeness (QED) is 0.0753. The highest BCUT2D eigenvalue weighted by Crippen LogP contribution is 2.66. The van der Waals surface area contributed by atoms with Gasteiger partial charge in [-0.2, -0.15) is 0 Å². The Kier molecular flexibility index (Phi) is 11.2. The van der Waals surface area contributed by atoms with Gasteiger partial charge in [0, 0.05) is 12.1 Å². The summed E-state index contributed by atoms with van der Waals surface area (Å²) in [6, 6.07) is 42.9. The van der Waals surface area contributed by atoms with Crippen molar-refractivity contribution in [3.8, 4) is 17.6 Å². The first-order chi connectivity index (χ1) is 32.7. The van der Waals surface area contributed by atoms with Crippen molar-refractivity contribution in [3.05, 3.63) is 204 Å². The van der Waals surface area contributed by atoms with Gasteiger partial charge in [0.1, 0.15) is 35.4 Å². The fraction of sp³-hybridized carbons (Fsp3) is 0.185. The van der Waals surface area contributed by atoms with Crippen molar-refractivity contribution in [1.82, 2.24) is 30.5 Å². The number of anilines is 1. The highest BCUT2D eigenvalue weighted by Gasteiger charge is 2.75. The molecule has 0 saturated carbocycles. The predicted octanol–water partition coefficient (Wildman–Crippen LogP) is 7.63. The van der Waals surface area contributed by atoms with Gasteiger partial charge in [-0.3, -0.25) is 19.3 Å². The van der Waals surface area contributed by atoms with Crippen molar-refractivity contribution in [2.24, 2.45) is 5.92 Å². The van der Waals surface area contributed by atoms with Crippen molar-refractivity contribution in [3.63, 3.8) is 0 Å². The SMILES string of the molecule is C=CCNC(=O)C1C2C(=O)OC(c3ccccc3)C(c3ccccc3)N2C(c2ccc(O)cc2)C12C(=O)N(C(=O)NC(C)c1ccccc1)c1ccc(C#CCn3nnc4ccccc43)cc12. The number of hydrogen-bond donors (Lipinski definition) is 3. The molecule has 0 radical (unpaired) electrons. The van der Waals surface area contributed by atoms with Gasteiger partial charge in [-0.05, 0) is 77.2 Å². The number of ether oxygens (including phenoxy) is 1. The van der Waals surface area contributed by atoms with Crippen LogP contribution < -0.4 is 15.5 Å². The molecule has 3 aliphatic heterocycles. The second-order valence-corrected chi connectivity index (χ2v) is 16.9. The predicted molar refractivity (Wildman–Crippen MR) is 251 cm³/mol. The molecule has 67 heavy (non-hydrogen) atoms. The number of nitrogens with zero attached hydrogens (tertiary/aromatic N) is 5. The summed E-state index contributed by atoms with van der Waals surface area (Å²) in [6.07, 6.45) is 0.624. The number of para-hydroxylation sites is 1. The van der Waals surface area contributed by atoms with Crippen LogP contribution in [0, 0.1) is 17.8 Å². The van der Waals surface area contributed by atoms with E-state index < -0.39 is 65.4 Å². The summed E-state index contributed by atoms with van der Waals surface area (Å²) >= 11 is 0. The first-order valence-corrected chi connectivity index (χ1v) is 22.1. The number of fused-ring (bicyclic) bond motifs is 4. The average Bonchev–Trinajstić information content (AvgIpc) is 4.00. The molecular formula is C54H45N7O6. The number of cyclic esters (lactones) is 1. The zero-order valence-electron chi connectivity index (χ0n) is 36.4. The van der Waals surface area contributed by atoms with Crippen molar-refractivity contribution < 1.29 is 29.0 Å². The summed E-state index contributed by atoms with van der Waals surface area (Å²) in [5, 5.41) is 25.2. The maximum Gasteiger partial charge on any atom is 0.329 e. The first-order valence-electron chi connectivity index (χ1n) is 22.1. The minimum absolute atomic E-state index is 0.0220. The van der Waals surface area contributed by atoms with Crippen LogP contribution in [0.2, 0.25) is 0 Å². The Morgan fingerprint density at radius 1 is 0.836 bits per heavy atom. The number of imide groups is 1. The fourth-order valence-electron chi connectivity index (χ4n) is 10.3. The van der Waals surface area contributed by atoms with Crippen LogP contribution in [0.1, 0.15) is 64.5 Å². The number of aromatic nitrogens is 3. The number of phenolic OH excluding ortho intramolecular Hbond substituents is 1. The van der Waals surface area contributed by atoms with Gasteiger partial charge in [0.25, 0.3) is 0 Å². The summed E-state index contributed by atoms with van der Waals surface area (Å²) in [7, 11) is 0. The highest BCUT2D eigenvalue weighted by atomic mass is 16.6. The number of rotatable bonds is 9. The van der Waals surface area contributed by atoms with E-state index in [0.29, 0.717) is 22.3 Å². The Morgan fingerprint density at radius 2 is 1.51 bits per heavy atom. The summed E-state index contributed by atoms with van der Waals surface area (Å²) < 4.78 is 8.21. The molecule has 6 aromatic carbocycles. The lowest BCUT2D eigenvalue weighted by Crippen LogP contribution is -2.56. The lowest BCUT2D eigenvalue weighted by molar-refractivity contribution is -0.178. The average molecular weight is 888 g/mol.